The summed E-state index contributed by atoms with van der Waals surface area (Å²) in [6.45, 7) is 6.19. The minimum atomic E-state index is 0.589. The van der Waals surface area contributed by atoms with Gasteiger partial charge in [-0.05, 0) is 50.1 Å². The minimum absolute atomic E-state index is 0.589. The van der Waals surface area contributed by atoms with Crippen molar-refractivity contribution in [3.8, 4) is 0 Å². The number of nitrogens with zero attached hydrogens (tertiary/aromatic N) is 2. The van der Waals surface area contributed by atoms with Crippen LogP contribution in [0.25, 0.3) is 0 Å². The molecule has 1 aromatic heterocycles. The maximum atomic E-state index is 4.56. The number of hydrogen-bond donors (Lipinski definition) is 2. The zero-order valence-corrected chi connectivity index (χ0v) is 14.3. The van der Waals surface area contributed by atoms with E-state index < -0.39 is 0 Å². The second-order valence-corrected chi connectivity index (χ2v) is 5.88. The Morgan fingerprint density at radius 2 is 1.42 bits per heavy atom. The molecule has 0 saturated heterocycles. The predicted octanol–water partition coefficient (Wildman–Crippen LogP) is 5.14. The number of anilines is 4. The van der Waals surface area contributed by atoms with Crippen LogP contribution in [-0.2, 0) is 6.42 Å². The van der Waals surface area contributed by atoms with Gasteiger partial charge in [0.15, 0.2) is 0 Å². The number of aromatic nitrogens is 2. The molecule has 0 aliphatic carbocycles. The fourth-order valence-electron chi connectivity index (χ4n) is 2.43. The van der Waals surface area contributed by atoms with Crippen molar-refractivity contribution in [3.63, 3.8) is 0 Å². The summed E-state index contributed by atoms with van der Waals surface area (Å²) in [5.74, 6) is 1.37. The van der Waals surface area contributed by atoms with Gasteiger partial charge in [-0.25, -0.2) is 4.98 Å². The quantitative estimate of drug-likeness (QED) is 0.683. The molecular formula is C20H22N4. The van der Waals surface area contributed by atoms with E-state index in [-0.39, 0.29) is 0 Å². The molecule has 0 aliphatic rings. The first-order chi connectivity index (χ1) is 11.6. The summed E-state index contributed by atoms with van der Waals surface area (Å²) >= 11 is 0. The Morgan fingerprint density at radius 3 is 2.08 bits per heavy atom. The van der Waals surface area contributed by atoms with E-state index in [2.05, 4.69) is 70.8 Å². The van der Waals surface area contributed by atoms with Crippen molar-refractivity contribution in [2.45, 2.75) is 27.2 Å². The van der Waals surface area contributed by atoms with E-state index in [9.17, 15) is 0 Å². The van der Waals surface area contributed by atoms with E-state index >= 15 is 0 Å². The van der Waals surface area contributed by atoms with Crippen LogP contribution in [-0.4, -0.2) is 9.97 Å². The zero-order valence-electron chi connectivity index (χ0n) is 14.3. The first-order valence-corrected chi connectivity index (χ1v) is 8.18. The highest BCUT2D eigenvalue weighted by atomic mass is 15.1. The molecule has 0 unspecified atom stereocenters. The number of benzene rings is 2. The Morgan fingerprint density at radius 1 is 0.792 bits per heavy atom. The number of nitrogens with one attached hydrogen (secondary N) is 2. The van der Waals surface area contributed by atoms with Crippen molar-refractivity contribution in [1.82, 2.24) is 9.97 Å². The highest BCUT2D eigenvalue weighted by Crippen LogP contribution is 2.20. The minimum Gasteiger partial charge on any atom is -0.340 e. The third-order valence-electron chi connectivity index (χ3n) is 3.80. The number of rotatable bonds is 5. The molecule has 0 aliphatic heterocycles. The highest BCUT2D eigenvalue weighted by molar-refractivity contribution is 5.60. The summed E-state index contributed by atoms with van der Waals surface area (Å²) in [5, 5.41) is 6.59. The van der Waals surface area contributed by atoms with Gasteiger partial charge in [0.2, 0.25) is 5.95 Å². The normalized spacial score (nSPS) is 10.5. The van der Waals surface area contributed by atoms with Crippen LogP contribution in [0, 0.1) is 13.8 Å². The van der Waals surface area contributed by atoms with Gasteiger partial charge in [-0.15, -0.1) is 0 Å². The van der Waals surface area contributed by atoms with Crippen molar-refractivity contribution in [2.24, 2.45) is 0 Å². The van der Waals surface area contributed by atoms with Crippen molar-refractivity contribution >= 4 is 23.1 Å². The van der Waals surface area contributed by atoms with Crippen LogP contribution in [0.3, 0.4) is 0 Å². The van der Waals surface area contributed by atoms with Gasteiger partial charge in [0.25, 0.3) is 0 Å². The van der Waals surface area contributed by atoms with Crippen LogP contribution >= 0.6 is 0 Å². The molecule has 0 amide bonds. The van der Waals surface area contributed by atoms with Gasteiger partial charge < -0.3 is 10.6 Å². The molecule has 0 spiro atoms. The van der Waals surface area contributed by atoms with Crippen LogP contribution in [0.1, 0.15) is 23.7 Å². The molecule has 4 nitrogen and oxygen atoms in total. The lowest BCUT2D eigenvalue weighted by atomic mass is 10.1. The molecule has 0 atom stereocenters. The Balaban J connectivity index is 1.78. The lowest BCUT2D eigenvalue weighted by Gasteiger charge is -2.10. The maximum absolute atomic E-state index is 4.56. The molecule has 122 valence electrons. The highest BCUT2D eigenvalue weighted by Gasteiger charge is 2.04. The van der Waals surface area contributed by atoms with Gasteiger partial charge in [0, 0.05) is 23.1 Å². The average Bonchev–Trinajstić information content (AvgIpc) is 2.57. The van der Waals surface area contributed by atoms with E-state index in [0.29, 0.717) is 5.95 Å². The summed E-state index contributed by atoms with van der Waals surface area (Å²) in [6.07, 6.45) is 1.04. The van der Waals surface area contributed by atoms with Crippen LogP contribution in [0.15, 0.2) is 54.6 Å². The summed E-state index contributed by atoms with van der Waals surface area (Å²) < 4.78 is 0. The molecule has 4 heteroatoms. The first kappa shape index (κ1) is 16.0. The number of hydrogen-bond acceptors (Lipinski definition) is 4. The van der Waals surface area contributed by atoms with Gasteiger partial charge in [-0.3, -0.25) is 0 Å². The summed E-state index contributed by atoms with van der Waals surface area (Å²) in [4.78, 5) is 9.01. The Kier molecular flexibility index (Phi) is 4.75. The van der Waals surface area contributed by atoms with Gasteiger partial charge in [0.05, 0.1) is 0 Å². The largest absolute Gasteiger partial charge is 0.340 e. The topological polar surface area (TPSA) is 49.8 Å². The monoisotopic (exact) mass is 318 g/mol. The summed E-state index contributed by atoms with van der Waals surface area (Å²) in [7, 11) is 0. The SMILES string of the molecule is CCc1ccc(Nc2cc(C)nc(Nc3ccc(C)cc3)n2)cc1. The molecule has 0 saturated carbocycles. The smallest absolute Gasteiger partial charge is 0.229 e. The van der Waals surface area contributed by atoms with Crippen LogP contribution in [0.2, 0.25) is 0 Å². The standard InChI is InChI=1S/C20H22N4/c1-4-16-7-11-17(12-8-16)22-19-13-15(3)21-20(24-19)23-18-9-5-14(2)6-10-18/h5-13H,4H2,1-3H3,(H2,21,22,23,24). The van der Waals surface area contributed by atoms with Crippen molar-refractivity contribution in [2.75, 3.05) is 10.6 Å². The summed E-state index contributed by atoms with van der Waals surface area (Å²) in [5.41, 5.74) is 5.45. The molecule has 3 rings (SSSR count). The van der Waals surface area contributed by atoms with E-state index in [1.165, 1.54) is 11.1 Å². The van der Waals surface area contributed by atoms with Crippen LogP contribution < -0.4 is 10.6 Å². The Hall–Kier alpha value is -2.88. The average molecular weight is 318 g/mol. The summed E-state index contributed by atoms with van der Waals surface area (Å²) in [6, 6.07) is 18.5. The van der Waals surface area contributed by atoms with Crippen LogP contribution in [0.4, 0.5) is 23.1 Å². The predicted molar refractivity (Wildman–Crippen MR) is 100 cm³/mol. The molecule has 2 N–H and O–H groups in total. The fraction of sp³-hybridized carbons (Fsp3) is 0.200. The van der Waals surface area contributed by atoms with Crippen LogP contribution in [0.5, 0.6) is 0 Å². The molecule has 3 aromatic rings. The molecule has 2 aromatic carbocycles. The molecule has 0 bridgehead atoms. The van der Waals surface area contributed by atoms with E-state index in [4.69, 9.17) is 0 Å². The van der Waals surface area contributed by atoms with E-state index in [1.54, 1.807) is 0 Å². The molecule has 24 heavy (non-hydrogen) atoms. The van der Waals surface area contributed by atoms with Crippen molar-refractivity contribution in [3.05, 3.63) is 71.4 Å². The van der Waals surface area contributed by atoms with Gasteiger partial charge >= 0.3 is 0 Å². The zero-order chi connectivity index (χ0) is 16.9. The van der Waals surface area contributed by atoms with Gasteiger partial charge in [-0.1, -0.05) is 36.8 Å². The third-order valence-corrected chi connectivity index (χ3v) is 3.80. The van der Waals surface area contributed by atoms with Crippen molar-refractivity contribution in [1.29, 1.82) is 0 Å². The second kappa shape index (κ2) is 7.13. The number of aryl methyl sites for hydroxylation is 3. The molecule has 0 fully saturated rings. The second-order valence-electron chi connectivity index (χ2n) is 5.88. The Labute approximate surface area is 143 Å². The van der Waals surface area contributed by atoms with Gasteiger partial charge in [-0.2, -0.15) is 4.98 Å². The van der Waals surface area contributed by atoms with Gasteiger partial charge in [0.1, 0.15) is 5.82 Å². The molecular weight excluding hydrogens is 296 g/mol. The lowest BCUT2D eigenvalue weighted by molar-refractivity contribution is 1.11. The third kappa shape index (κ3) is 4.10. The van der Waals surface area contributed by atoms with Crippen molar-refractivity contribution < 1.29 is 0 Å². The lowest BCUT2D eigenvalue weighted by Crippen LogP contribution is -2.02. The molecule has 0 radical (unpaired) electrons. The van der Waals surface area contributed by atoms with E-state index in [0.717, 1.165) is 29.3 Å². The maximum Gasteiger partial charge on any atom is 0.229 e. The van der Waals surface area contributed by atoms with E-state index in [1.807, 2.05) is 25.1 Å². The molecule has 1 heterocycles. The fourth-order valence-corrected chi connectivity index (χ4v) is 2.43. The Bertz CT molecular complexity index is 808. The first-order valence-electron chi connectivity index (χ1n) is 8.18.